The number of halogens is 4. The first-order valence-corrected chi connectivity index (χ1v) is 6.40. The van der Waals surface area contributed by atoms with Gasteiger partial charge in [-0.2, -0.15) is 13.2 Å². The third-order valence-corrected chi connectivity index (χ3v) is 3.02. The van der Waals surface area contributed by atoms with Gasteiger partial charge in [0.15, 0.2) is 0 Å². The van der Waals surface area contributed by atoms with Crippen molar-refractivity contribution in [1.82, 2.24) is 5.32 Å². The van der Waals surface area contributed by atoms with E-state index in [-0.39, 0.29) is 6.42 Å². The van der Waals surface area contributed by atoms with Gasteiger partial charge in [0.1, 0.15) is 5.75 Å². The summed E-state index contributed by atoms with van der Waals surface area (Å²) in [6.45, 7) is 0.999. The van der Waals surface area contributed by atoms with Gasteiger partial charge in [-0.05, 0) is 31.5 Å². The molecular weight excluding hydrogens is 279 g/mol. The molecule has 1 aromatic carbocycles. The molecule has 0 aliphatic heterocycles. The van der Waals surface area contributed by atoms with Gasteiger partial charge in [0, 0.05) is 23.6 Å². The van der Waals surface area contributed by atoms with Gasteiger partial charge in [0.05, 0.1) is 7.11 Å². The molecule has 0 spiro atoms. The maximum Gasteiger partial charge on any atom is 0.389 e. The Balaban J connectivity index is 2.30. The number of hydrogen-bond acceptors (Lipinski definition) is 2. The Bertz CT molecular complexity index is 396. The lowest BCUT2D eigenvalue weighted by molar-refractivity contribution is -0.135. The van der Waals surface area contributed by atoms with Crippen LogP contribution in [0.4, 0.5) is 13.2 Å². The van der Waals surface area contributed by atoms with E-state index in [0.29, 0.717) is 30.3 Å². The van der Waals surface area contributed by atoms with Gasteiger partial charge in [-0.1, -0.05) is 17.7 Å². The van der Waals surface area contributed by atoms with Gasteiger partial charge in [-0.25, -0.2) is 0 Å². The van der Waals surface area contributed by atoms with Crippen molar-refractivity contribution in [2.75, 3.05) is 13.7 Å². The summed E-state index contributed by atoms with van der Waals surface area (Å²) in [5, 5.41) is 3.66. The van der Waals surface area contributed by atoms with Crippen molar-refractivity contribution in [2.24, 2.45) is 0 Å². The second-order valence-corrected chi connectivity index (χ2v) is 4.58. The number of unbranched alkanes of at least 4 members (excludes halogenated alkanes) is 1. The van der Waals surface area contributed by atoms with Crippen LogP contribution in [0.2, 0.25) is 5.02 Å². The largest absolute Gasteiger partial charge is 0.496 e. The van der Waals surface area contributed by atoms with E-state index < -0.39 is 12.6 Å². The number of ether oxygens (including phenoxy) is 1. The number of hydrogen-bond donors (Lipinski definition) is 1. The highest BCUT2D eigenvalue weighted by Gasteiger charge is 2.25. The van der Waals surface area contributed by atoms with Gasteiger partial charge in [-0.3, -0.25) is 0 Å². The van der Waals surface area contributed by atoms with Crippen LogP contribution in [0.1, 0.15) is 24.8 Å². The average Bonchev–Trinajstić information content (AvgIpc) is 2.33. The Morgan fingerprint density at radius 1 is 1.26 bits per heavy atom. The molecule has 1 N–H and O–H groups in total. The number of rotatable bonds is 7. The van der Waals surface area contributed by atoms with Crippen LogP contribution >= 0.6 is 11.6 Å². The summed E-state index contributed by atoms with van der Waals surface area (Å²) in [4.78, 5) is 0. The van der Waals surface area contributed by atoms with E-state index in [1.807, 2.05) is 0 Å². The molecule has 0 amide bonds. The molecule has 0 aliphatic carbocycles. The maximum absolute atomic E-state index is 11.9. The molecule has 0 saturated carbocycles. The number of methoxy groups -OCH3 is 1. The summed E-state index contributed by atoms with van der Waals surface area (Å²) in [6, 6.07) is 5.34. The van der Waals surface area contributed by atoms with Crippen molar-refractivity contribution in [1.29, 1.82) is 0 Å². The molecule has 19 heavy (non-hydrogen) atoms. The summed E-state index contributed by atoms with van der Waals surface area (Å²) in [7, 11) is 1.55. The van der Waals surface area contributed by atoms with Crippen molar-refractivity contribution < 1.29 is 17.9 Å². The van der Waals surface area contributed by atoms with Crippen molar-refractivity contribution >= 4 is 11.6 Å². The van der Waals surface area contributed by atoms with E-state index in [1.165, 1.54) is 0 Å². The minimum atomic E-state index is -4.06. The van der Waals surface area contributed by atoms with E-state index in [0.717, 1.165) is 5.56 Å². The van der Waals surface area contributed by atoms with Crippen LogP contribution < -0.4 is 10.1 Å². The zero-order valence-corrected chi connectivity index (χ0v) is 11.4. The van der Waals surface area contributed by atoms with Crippen LogP contribution in [0.5, 0.6) is 5.75 Å². The highest BCUT2D eigenvalue weighted by molar-refractivity contribution is 6.31. The summed E-state index contributed by atoms with van der Waals surface area (Å²) < 4.78 is 41.0. The third kappa shape index (κ3) is 6.16. The lowest BCUT2D eigenvalue weighted by Crippen LogP contribution is -2.16. The normalized spacial score (nSPS) is 11.6. The predicted octanol–water partition coefficient (Wildman–Crippen LogP) is 4.17. The van der Waals surface area contributed by atoms with Gasteiger partial charge in [0.2, 0.25) is 0 Å². The van der Waals surface area contributed by atoms with Crippen LogP contribution in [-0.4, -0.2) is 19.8 Å². The lowest BCUT2D eigenvalue weighted by Gasteiger charge is -2.11. The molecule has 0 saturated heterocycles. The molecule has 0 fully saturated rings. The first-order chi connectivity index (χ1) is 8.94. The molecule has 6 heteroatoms. The second kappa shape index (κ2) is 7.60. The molecule has 0 unspecified atom stereocenters. The zero-order chi connectivity index (χ0) is 14.3. The number of nitrogens with one attached hydrogen (secondary N) is 1. The van der Waals surface area contributed by atoms with E-state index in [9.17, 15) is 13.2 Å². The Morgan fingerprint density at radius 3 is 2.63 bits per heavy atom. The Morgan fingerprint density at radius 2 is 2.00 bits per heavy atom. The molecular formula is C13H17ClF3NO. The second-order valence-electron chi connectivity index (χ2n) is 4.17. The molecule has 1 rings (SSSR count). The Kier molecular flexibility index (Phi) is 6.45. The Labute approximate surface area is 115 Å². The first-order valence-electron chi connectivity index (χ1n) is 6.03. The fourth-order valence-electron chi connectivity index (χ4n) is 1.69. The van der Waals surface area contributed by atoms with Gasteiger partial charge < -0.3 is 10.1 Å². The molecule has 0 radical (unpaired) electrons. The van der Waals surface area contributed by atoms with Crippen molar-refractivity contribution in [3.05, 3.63) is 28.8 Å². The van der Waals surface area contributed by atoms with E-state index >= 15 is 0 Å². The van der Waals surface area contributed by atoms with Gasteiger partial charge in [0.25, 0.3) is 0 Å². The van der Waals surface area contributed by atoms with Crippen LogP contribution in [0.3, 0.4) is 0 Å². The molecule has 1 aromatic rings. The van der Waals surface area contributed by atoms with Crippen LogP contribution in [-0.2, 0) is 6.54 Å². The quantitative estimate of drug-likeness (QED) is 0.762. The third-order valence-electron chi connectivity index (χ3n) is 2.66. The highest BCUT2D eigenvalue weighted by Crippen LogP contribution is 2.26. The summed E-state index contributed by atoms with van der Waals surface area (Å²) in [6.07, 6.45) is -4.18. The fourth-order valence-corrected chi connectivity index (χ4v) is 1.92. The van der Waals surface area contributed by atoms with E-state index in [1.54, 1.807) is 25.3 Å². The standard InChI is InChI=1S/C13H17ClF3NO/c1-19-12-6-4-5-11(14)10(12)9-18-8-3-2-7-13(15,16)17/h4-6,18H,2-3,7-9H2,1H3. The summed E-state index contributed by atoms with van der Waals surface area (Å²) in [5.41, 5.74) is 0.822. The molecule has 0 aromatic heterocycles. The molecule has 0 aliphatic rings. The fraction of sp³-hybridized carbons (Fsp3) is 0.538. The lowest BCUT2D eigenvalue weighted by atomic mass is 10.2. The van der Waals surface area contributed by atoms with Crippen LogP contribution in [0.25, 0.3) is 0 Å². The monoisotopic (exact) mass is 295 g/mol. The minimum absolute atomic E-state index is 0.135. The zero-order valence-electron chi connectivity index (χ0n) is 10.7. The van der Waals surface area contributed by atoms with Crippen molar-refractivity contribution in [3.63, 3.8) is 0 Å². The summed E-state index contributed by atoms with van der Waals surface area (Å²) in [5.74, 6) is 0.676. The average molecular weight is 296 g/mol. The molecule has 0 heterocycles. The molecule has 108 valence electrons. The number of alkyl halides is 3. The smallest absolute Gasteiger partial charge is 0.389 e. The van der Waals surface area contributed by atoms with Crippen molar-refractivity contribution in [3.8, 4) is 5.75 Å². The van der Waals surface area contributed by atoms with Crippen LogP contribution in [0.15, 0.2) is 18.2 Å². The molecule has 2 nitrogen and oxygen atoms in total. The van der Waals surface area contributed by atoms with Gasteiger partial charge >= 0.3 is 6.18 Å². The topological polar surface area (TPSA) is 21.3 Å². The first kappa shape index (κ1) is 16.1. The highest BCUT2D eigenvalue weighted by atomic mass is 35.5. The van der Waals surface area contributed by atoms with E-state index in [2.05, 4.69) is 5.32 Å². The minimum Gasteiger partial charge on any atom is -0.496 e. The Hall–Kier alpha value is -0.940. The molecule has 0 bridgehead atoms. The maximum atomic E-state index is 11.9. The predicted molar refractivity (Wildman–Crippen MR) is 69.6 cm³/mol. The summed E-state index contributed by atoms with van der Waals surface area (Å²) >= 11 is 6.04. The van der Waals surface area contributed by atoms with E-state index in [4.69, 9.17) is 16.3 Å². The van der Waals surface area contributed by atoms with Crippen molar-refractivity contribution in [2.45, 2.75) is 32.0 Å². The SMILES string of the molecule is COc1cccc(Cl)c1CNCCCCC(F)(F)F. The number of benzene rings is 1. The van der Waals surface area contributed by atoms with Gasteiger partial charge in [-0.15, -0.1) is 0 Å². The van der Waals surface area contributed by atoms with Crippen LogP contribution in [0, 0.1) is 0 Å². The molecule has 0 atom stereocenters.